The molecular formula is C15H28N4O2. The van der Waals surface area contributed by atoms with Gasteiger partial charge in [-0.2, -0.15) is 5.10 Å². The van der Waals surface area contributed by atoms with Crippen LogP contribution in [-0.4, -0.2) is 45.5 Å². The molecule has 120 valence electrons. The van der Waals surface area contributed by atoms with E-state index in [0.717, 1.165) is 6.54 Å². The zero-order chi connectivity index (χ0) is 16.2. The molecule has 0 aliphatic heterocycles. The lowest BCUT2D eigenvalue weighted by atomic mass is 9.86. The number of carbonyl (C=O) groups is 1. The lowest BCUT2D eigenvalue weighted by molar-refractivity contribution is 0.0885. The number of hydrogen-bond donors (Lipinski definition) is 2. The van der Waals surface area contributed by atoms with E-state index < -0.39 is 0 Å². The van der Waals surface area contributed by atoms with Crippen LogP contribution in [0.2, 0.25) is 0 Å². The summed E-state index contributed by atoms with van der Waals surface area (Å²) in [6.07, 6.45) is 1.67. The Bertz CT molecular complexity index is 462. The summed E-state index contributed by atoms with van der Waals surface area (Å²) in [4.78, 5) is 13.9. The summed E-state index contributed by atoms with van der Waals surface area (Å²) in [5.41, 5.74) is -0.195. The third-order valence-corrected chi connectivity index (χ3v) is 3.45. The van der Waals surface area contributed by atoms with Crippen LogP contribution in [0.1, 0.15) is 34.6 Å². The van der Waals surface area contributed by atoms with Crippen LogP contribution in [0.15, 0.2) is 12.3 Å². The molecule has 21 heavy (non-hydrogen) atoms. The smallest absolute Gasteiger partial charge is 0.323 e. The Morgan fingerprint density at radius 1 is 1.48 bits per heavy atom. The van der Waals surface area contributed by atoms with E-state index >= 15 is 0 Å². The minimum absolute atomic E-state index is 0.0708. The molecule has 0 aliphatic rings. The highest BCUT2D eigenvalue weighted by molar-refractivity contribution is 5.88. The summed E-state index contributed by atoms with van der Waals surface area (Å²) < 4.78 is 1.78. The molecule has 6 nitrogen and oxygen atoms in total. The molecule has 1 heterocycles. The average molecular weight is 296 g/mol. The third kappa shape index (κ3) is 4.74. The maximum absolute atomic E-state index is 12.4. The molecule has 0 bridgehead atoms. The number of urea groups is 1. The molecule has 6 heteroatoms. The fourth-order valence-electron chi connectivity index (χ4n) is 2.25. The zero-order valence-corrected chi connectivity index (χ0v) is 13.9. The molecule has 1 aromatic heterocycles. The van der Waals surface area contributed by atoms with Crippen LogP contribution < -0.4 is 5.32 Å². The monoisotopic (exact) mass is 296 g/mol. The van der Waals surface area contributed by atoms with E-state index in [1.54, 1.807) is 28.9 Å². The molecule has 0 fully saturated rings. The number of aliphatic hydroxyl groups excluding tert-OH is 1. The minimum Gasteiger partial charge on any atom is -0.394 e. The molecule has 0 aliphatic carbocycles. The molecule has 1 rings (SSSR count). The van der Waals surface area contributed by atoms with Gasteiger partial charge in [0.1, 0.15) is 5.82 Å². The molecule has 0 radical (unpaired) electrons. The molecule has 0 aromatic carbocycles. The van der Waals surface area contributed by atoms with E-state index in [4.69, 9.17) is 0 Å². The summed E-state index contributed by atoms with van der Waals surface area (Å²) >= 11 is 0. The summed E-state index contributed by atoms with van der Waals surface area (Å²) in [5, 5.41) is 16.6. The van der Waals surface area contributed by atoms with Crippen molar-refractivity contribution < 1.29 is 9.90 Å². The number of anilines is 1. The molecule has 0 spiro atoms. The summed E-state index contributed by atoms with van der Waals surface area (Å²) in [6, 6.07) is 1.28. The minimum atomic E-state index is -0.251. The Balaban J connectivity index is 2.79. The van der Waals surface area contributed by atoms with Gasteiger partial charge in [-0.15, -0.1) is 0 Å². The van der Waals surface area contributed by atoms with Crippen LogP contribution >= 0.6 is 0 Å². The number of aliphatic hydroxyl groups is 1. The predicted molar refractivity (Wildman–Crippen MR) is 84.2 cm³/mol. The van der Waals surface area contributed by atoms with Crippen molar-refractivity contribution in [1.82, 2.24) is 14.7 Å². The fraction of sp³-hybridized carbons (Fsp3) is 0.733. The average Bonchev–Trinajstić information content (AvgIpc) is 2.74. The van der Waals surface area contributed by atoms with E-state index in [1.165, 1.54) is 0 Å². The molecular weight excluding hydrogens is 268 g/mol. The Morgan fingerprint density at radius 2 is 2.10 bits per heavy atom. The standard InChI is InChI=1S/C15H28N4O2/c1-11(2)9-19-13(7-8-16-19)17-14(21)18(6)12(10-20)15(3,4)5/h7-8,11-12,20H,9-10H2,1-6H3,(H,17,21). The van der Waals surface area contributed by atoms with Gasteiger partial charge >= 0.3 is 6.03 Å². The van der Waals surface area contributed by atoms with Crippen molar-refractivity contribution in [1.29, 1.82) is 0 Å². The lowest BCUT2D eigenvalue weighted by Gasteiger charge is -2.36. The first-order chi connectivity index (χ1) is 9.66. The van der Waals surface area contributed by atoms with Crippen LogP contribution in [0.25, 0.3) is 0 Å². The van der Waals surface area contributed by atoms with Crippen LogP contribution in [-0.2, 0) is 6.54 Å². The van der Waals surface area contributed by atoms with Crippen LogP contribution in [0.3, 0.4) is 0 Å². The van der Waals surface area contributed by atoms with Crippen molar-refractivity contribution >= 4 is 11.8 Å². The van der Waals surface area contributed by atoms with Gasteiger partial charge < -0.3 is 10.0 Å². The lowest BCUT2D eigenvalue weighted by Crippen LogP contribution is -2.49. The topological polar surface area (TPSA) is 70.4 Å². The second-order valence-corrected chi connectivity index (χ2v) is 6.90. The number of hydrogen-bond acceptors (Lipinski definition) is 3. The number of amides is 2. The molecule has 2 amide bonds. The van der Waals surface area contributed by atoms with Crippen molar-refractivity contribution in [3.8, 4) is 0 Å². The molecule has 0 saturated heterocycles. The van der Waals surface area contributed by atoms with E-state index in [1.807, 2.05) is 20.8 Å². The predicted octanol–water partition coefficient (Wildman–Crippen LogP) is 2.41. The van der Waals surface area contributed by atoms with Gasteiger partial charge in [-0.3, -0.25) is 5.32 Å². The number of carbonyl (C=O) groups excluding carboxylic acids is 1. The summed E-state index contributed by atoms with van der Waals surface area (Å²) in [7, 11) is 1.70. The Morgan fingerprint density at radius 3 is 2.57 bits per heavy atom. The van der Waals surface area contributed by atoms with Gasteiger partial charge in [0.05, 0.1) is 18.8 Å². The van der Waals surface area contributed by atoms with Crippen LogP contribution in [0.5, 0.6) is 0 Å². The number of nitrogens with zero attached hydrogens (tertiary/aromatic N) is 3. The number of aromatic nitrogens is 2. The van der Waals surface area contributed by atoms with Gasteiger partial charge in [-0.05, 0) is 11.3 Å². The van der Waals surface area contributed by atoms with Crippen molar-refractivity contribution in [3.05, 3.63) is 12.3 Å². The second-order valence-electron chi connectivity index (χ2n) is 6.90. The number of rotatable bonds is 5. The van der Waals surface area contributed by atoms with Crippen molar-refractivity contribution in [3.63, 3.8) is 0 Å². The zero-order valence-electron chi connectivity index (χ0n) is 13.9. The summed E-state index contributed by atoms with van der Waals surface area (Å²) in [6.45, 7) is 10.9. The quantitative estimate of drug-likeness (QED) is 0.876. The molecule has 1 atom stereocenters. The van der Waals surface area contributed by atoms with Crippen LogP contribution in [0, 0.1) is 11.3 Å². The molecule has 2 N–H and O–H groups in total. The highest BCUT2D eigenvalue weighted by Gasteiger charge is 2.30. The van der Waals surface area contributed by atoms with Crippen LogP contribution in [0.4, 0.5) is 10.6 Å². The van der Waals surface area contributed by atoms with Crippen molar-refractivity contribution in [2.45, 2.75) is 47.2 Å². The Hall–Kier alpha value is -1.56. The number of likely N-dealkylation sites (N-methyl/N-ethyl adjacent to an activating group) is 1. The van der Waals surface area contributed by atoms with Gasteiger partial charge in [0.15, 0.2) is 0 Å². The van der Waals surface area contributed by atoms with Gasteiger partial charge in [0.2, 0.25) is 0 Å². The SMILES string of the molecule is CC(C)Cn1nccc1NC(=O)N(C)C(CO)C(C)(C)C. The van der Waals surface area contributed by atoms with Gasteiger partial charge in [0, 0.05) is 19.7 Å². The van der Waals surface area contributed by atoms with E-state index in [2.05, 4.69) is 24.3 Å². The molecule has 1 unspecified atom stereocenters. The maximum Gasteiger partial charge on any atom is 0.323 e. The van der Waals surface area contributed by atoms with E-state index in [9.17, 15) is 9.90 Å². The largest absolute Gasteiger partial charge is 0.394 e. The third-order valence-electron chi connectivity index (χ3n) is 3.45. The van der Waals surface area contributed by atoms with E-state index in [-0.39, 0.29) is 24.1 Å². The number of nitrogens with one attached hydrogen (secondary N) is 1. The van der Waals surface area contributed by atoms with Crippen molar-refractivity contribution in [2.75, 3.05) is 19.0 Å². The van der Waals surface area contributed by atoms with Gasteiger partial charge in [0.25, 0.3) is 0 Å². The van der Waals surface area contributed by atoms with Gasteiger partial charge in [-0.25, -0.2) is 9.48 Å². The first-order valence-electron chi connectivity index (χ1n) is 7.33. The second kappa shape index (κ2) is 6.93. The highest BCUT2D eigenvalue weighted by Crippen LogP contribution is 2.23. The van der Waals surface area contributed by atoms with Gasteiger partial charge in [-0.1, -0.05) is 34.6 Å². The first-order valence-corrected chi connectivity index (χ1v) is 7.33. The van der Waals surface area contributed by atoms with E-state index in [0.29, 0.717) is 11.7 Å². The highest BCUT2D eigenvalue weighted by atomic mass is 16.3. The fourth-order valence-corrected chi connectivity index (χ4v) is 2.25. The Kier molecular flexibility index (Phi) is 5.78. The van der Waals surface area contributed by atoms with Crippen molar-refractivity contribution in [2.24, 2.45) is 11.3 Å². The first kappa shape index (κ1) is 17.5. The maximum atomic E-state index is 12.4. The summed E-state index contributed by atoms with van der Waals surface area (Å²) in [5.74, 6) is 1.11. The molecule has 1 aromatic rings. The molecule has 0 saturated carbocycles. The normalized spacial score (nSPS) is 13.3. The Labute approximate surface area is 127 Å².